The van der Waals surface area contributed by atoms with Crippen molar-refractivity contribution in [3.8, 4) is 0 Å². The smallest absolute Gasteiger partial charge is 0.343 e. The van der Waals surface area contributed by atoms with E-state index in [1.54, 1.807) is 0 Å². The number of unbranched alkanes of at least 4 members (excludes halogenated alkanes) is 8. The van der Waals surface area contributed by atoms with Gasteiger partial charge in [-0.2, -0.15) is 25.7 Å². The third kappa shape index (κ3) is 156. The van der Waals surface area contributed by atoms with Crippen molar-refractivity contribution in [3.63, 3.8) is 0 Å². The third-order valence-electron chi connectivity index (χ3n) is 2.62. The van der Waals surface area contributed by atoms with Crippen LogP contribution in [0.5, 0.6) is 0 Å². The van der Waals surface area contributed by atoms with Crippen LogP contribution in [0.1, 0.15) is 125 Å². The molecule has 0 amide bonds. The molecule has 0 fully saturated rings. The molecule has 2 heteroatoms. The maximum atomic E-state index is 3.60. The van der Waals surface area contributed by atoms with Gasteiger partial charge in [0.2, 0.25) is 0 Å². The number of hydrogen-bond donors (Lipinski definition) is 0. The first kappa shape index (κ1) is 45.3. The van der Waals surface area contributed by atoms with Crippen molar-refractivity contribution in [2.45, 2.75) is 125 Å². The van der Waals surface area contributed by atoms with Crippen molar-refractivity contribution in [1.29, 1.82) is 0 Å². The van der Waals surface area contributed by atoms with Crippen molar-refractivity contribution >= 4 is 46.1 Å². The van der Waals surface area contributed by atoms with Gasteiger partial charge < -0.3 is 27.7 Å². The molecular formula is C23H52Mg2. The zero-order valence-electron chi connectivity index (χ0n) is 19.4. The van der Waals surface area contributed by atoms with Gasteiger partial charge in [-0.25, -0.2) is 0 Å². The SMILES string of the molecule is CCCCCCC.[CH2-]CCC.[CH2-]CCC.[CH2-]CCC.[CH2-]CCC.[Mg+2].[Mg+2]. The molecule has 0 aromatic heterocycles. The van der Waals surface area contributed by atoms with Gasteiger partial charge in [-0.3, -0.25) is 0 Å². The quantitative estimate of drug-likeness (QED) is 0.225. The Kier molecular flexibility index (Phi) is 132. The second-order valence-electron chi connectivity index (χ2n) is 5.47. The van der Waals surface area contributed by atoms with E-state index in [1.807, 2.05) is 0 Å². The summed E-state index contributed by atoms with van der Waals surface area (Å²) in [6.07, 6.45) is 16.1. The van der Waals surface area contributed by atoms with Gasteiger partial charge >= 0.3 is 46.1 Å². The van der Waals surface area contributed by atoms with Gasteiger partial charge in [0, 0.05) is 0 Å². The molecule has 0 spiro atoms. The van der Waals surface area contributed by atoms with E-state index in [2.05, 4.69) is 69.2 Å². The van der Waals surface area contributed by atoms with Crippen LogP contribution in [-0.4, -0.2) is 46.1 Å². The predicted octanol–water partition coefficient (Wildman–Crippen LogP) is 8.70. The topological polar surface area (TPSA) is 0 Å². The van der Waals surface area contributed by atoms with Gasteiger partial charge in [0.05, 0.1) is 0 Å². The van der Waals surface area contributed by atoms with Crippen LogP contribution in [0.15, 0.2) is 0 Å². The van der Waals surface area contributed by atoms with Crippen molar-refractivity contribution in [2.75, 3.05) is 0 Å². The minimum atomic E-state index is 0. The van der Waals surface area contributed by atoms with Gasteiger partial charge in [-0.1, -0.05) is 99.3 Å². The van der Waals surface area contributed by atoms with Crippen LogP contribution >= 0.6 is 0 Å². The Hall–Kier alpha value is 1.53. The predicted molar refractivity (Wildman–Crippen MR) is 127 cm³/mol. The van der Waals surface area contributed by atoms with Gasteiger partial charge in [0.15, 0.2) is 0 Å². The summed E-state index contributed by atoms with van der Waals surface area (Å²) in [7, 11) is 0. The van der Waals surface area contributed by atoms with Crippen LogP contribution in [0, 0.1) is 27.7 Å². The fourth-order valence-electron chi connectivity index (χ4n) is 0.677. The number of hydrogen-bond acceptors (Lipinski definition) is 0. The molecule has 0 aromatic carbocycles. The average molecular weight is 377 g/mol. The zero-order chi connectivity index (χ0) is 19.2. The minimum absolute atomic E-state index is 0. The normalized spacial score (nSPS) is 7.44. The molecule has 0 nitrogen and oxygen atoms in total. The number of rotatable bonds is 8. The fraction of sp³-hybridized carbons (Fsp3) is 0.826. The molecule has 0 rings (SSSR count). The van der Waals surface area contributed by atoms with E-state index in [1.165, 1.54) is 57.8 Å². The molecule has 0 saturated carbocycles. The molecule has 0 aliphatic carbocycles. The van der Waals surface area contributed by atoms with Gasteiger partial charge in [-0.05, 0) is 0 Å². The molecule has 0 aliphatic heterocycles. The monoisotopic (exact) mass is 376 g/mol. The summed E-state index contributed by atoms with van der Waals surface area (Å²) in [5.74, 6) is 0. The molecular weight excluding hydrogens is 325 g/mol. The van der Waals surface area contributed by atoms with Crippen LogP contribution in [0.25, 0.3) is 0 Å². The Labute approximate surface area is 197 Å². The van der Waals surface area contributed by atoms with E-state index in [-0.39, 0.29) is 46.1 Å². The zero-order valence-corrected chi connectivity index (χ0v) is 22.3. The molecule has 0 aliphatic rings. The van der Waals surface area contributed by atoms with Crippen LogP contribution in [0.2, 0.25) is 0 Å². The molecule has 0 radical (unpaired) electrons. The molecule has 0 heterocycles. The minimum Gasteiger partial charge on any atom is -0.343 e. The van der Waals surface area contributed by atoms with Crippen molar-refractivity contribution in [1.82, 2.24) is 0 Å². The summed E-state index contributed by atoms with van der Waals surface area (Å²) in [6.45, 7) is 27.4. The molecule has 0 atom stereocenters. The third-order valence-corrected chi connectivity index (χ3v) is 2.62. The Morgan fingerprint density at radius 1 is 0.360 bits per heavy atom. The van der Waals surface area contributed by atoms with E-state index in [9.17, 15) is 0 Å². The summed E-state index contributed by atoms with van der Waals surface area (Å²) >= 11 is 0. The maximum Gasteiger partial charge on any atom is 2.00 e. The van der Waals surface area contributed by atoms with Crippen LogP contribution < -0.4 is 0 Å². The molecule has 0 N–H and O–H groups in total. The molecule has 0 aromatic rings. The van der Waals surface area contributed by atoms with Crippen LogP contribution in [-0.2, 0) is 0 Å². The standard InChI is InChI=1S/C7H16.4C4H9.2Mg/c1-3-5-7-6-4-2;4*1-3-4-2;;/h3-7H2,1-2H3;4*1,3-4H2,2H3;;/q;4*-1;2*+2. The summed E-state index contributed by atoms with van der Waals surface area (Å²) in [5.41, 5.74) is 0. The largest absolute Gasteiger partial charge is 2.00 e. The molecule has 0 unspecified atom stereocenters. The van der Waals surface area contributed by atoms with E-state index >= 15 is 0 Å². The fourth-order valence-corrected chi connectivity index (χ4v) is 0.677. The van der Waals surface area contributed by atoms with Crippen LogP contribution in [0.3, 0.4) is 0 Å². The molecule has 25 heavy (non-hydrogen) atoms. The Morgan fingerprint density at radius 2 is 0.520 bits per heavy atom. The van der Waals surface area contributed by atoms with Gasteiger partial charge in [0.1, 0.15) is 0 Å². The van der Waals surface area contributed by atoms with E-state index in [0.717, 1.165) is 25.7 Å². The van der Waals surface area contributed by atoms with Crippen LogP contribution in [0.4, 0.5) is 0 Å². The Balaban J connectivity index is -0.0000000326. The van der Waals surface area contributed by atoms with Crippen molar-refractivity contribution in [2.24, 2.45) is 0 Å². The van der Waals surface area contributed by atoms with Gasteiger partial charge in [0.25, 0.3) is 0 Å². The molecule has 148 valence electrons. The summed E-state index contributed by atoms with van der Waals surface area (Å²) in [5, 5.41) is 0. The van der Waals surface area contributed by atoms with Crippen molar-refractivity contribution < 1.29 is 0 Å². The average Bonchev–Trinajstić information content (AvgIpc) is 2.63. The second kappa shape index (κ2) is 72.8. The van der Waals surface area contributed by atoms with E-state index in [0.29, 0.717) is 0 Å². The summed E-state index contributed by atoms with van der Waals surface area (Å²) in [6, 6.07) is 0. The first-order valence-electron chi connectivity index (χ1n) is 10.2. The Morgan fingerprint density at radius 3 is 0.600 bits per heavy atom. The summed E-state index contributed by atoms with van der Waals surface area (Å²) < 4.78 is 0. The van der Waals surface area contributed by atoms with Crippen molar-refractivity contribution in [3.05, 3.63) is 27.7 Å². The van der Waals surface area contributed by atoms with E-state index in [4.69, 9.17) is 0 Å². The summed E-state index contributed by atoms with van der Waals surface area (Å²) in [4.78, 5) is 0. The Bertz CT molecular complexity index is 78.3. The maximum absolute atomic E-state index is 3.60. The second-order valence-corrected chi connectivity index (χ2v) is 5.47. The first-order chi connectivity index (χ1) is 11.1. The molecule has 0 bridgehead atoms. The van der Waals surface area contributed by atoms with E-state index < -0.39 is 0 Å². The first-order valence-corrected chi connectivity index (χ1v) is 10.2. The molecule has 0 saturated heterocycles. The van der Waals surface area contributed by atoms with Gasteiger partial charge in [-0.15, -0.1) is 0 Å².